The molecule has 0 aliphatic rings. The van der Waals surface area contributed by atoms with Crippen LogP contribution in [0.4, 0.5) is 14.5 Å². The third-order valence-electron chi connectivity index (χ3n) is 2.70. The normalized spacial score (nSPS) is 10.2. The van der Waals surface area contributed by atoms with Crippen LogP contribution >= 0.6 is 0 Å². The van der Waals surface area contributed by atoms with E-state index in [1.807, 2.05) is 0 Å². The zero-order chi connectivity index (χ0) is 15.2. The van der Waals surface area contributed by atoms with Crippen LogP contribution in [0.2, 0.25) is 0 Å². The zero-order valence-corrected chi connectivity index (χ0v) is 11.0. The predicted octanol–water partition coefficient (Wildman–Crippen LogP) is 3.15. The van der Waals surface area contributed by atoms with E-state index in [1.54, 1.807) is 12.1 Å². The van der Waals surface area contributed by atoms with Gasteiger partial charge in [0, 0.05) is 12.6 Å². The van der Waals surface area contributed by atoms with Gasteiger partial charge in [0.25, 0.3) is 0 Å². The van der Waals surface area contributed by atoms with E-state index in [4.69, 9.17) is 9.84 Å². The molecule has 2 aromatic carbocycles. The van der Waals surface area contributed by atoms with Crippen molar-refractivity contribution in [3.8, 4) is 5.75 Å². The van der Waals surface area contributed by atoms with Gasteiger partial charge in [0.15, 0.2) is 0 Å². The first-order chi connectivity index (χ1) is 10.1. The first kappa shape index (κ1) is 14.8. The highest BCUT2D eigenvalue weighted by atomic mass is 19.1. The fourth-order valence-electron chi connectivity index (χ4n) is 1.71. The van der Waals surface area contributed by atoms with Crippen molar-refractivity contribution in [2.24, 2.45) is 0 Å². The maximum atomic E-state index is 13.3. The highest BCUT2D eigenvalue weighted by Gasteiger charge is 2.05. The molecule has 0 saturated heterocycles. The van der Waals surface area contributed by atoms with Crippen LogP contribution in [-0.2, 0) is 0 Å². The lowest BCUT2D eigenvalue weighted by Gasteiger charge is -2.09. The van der Waals surface area contributed by atoms with Crippen molar-refractivity contribution in [3.05, 3.63) is 59.7 Å². The summed E-state index contributed by atoms with van der Waals surface area (Å²) in [5.41, 5.74) is 0.310. The Morgan fingerprint density at radius 1 is 1.19 bits per heavy atom. The Hall–Kier alpha value is -2.63. The van der Waals surface area contributed by atoms with Crippen LogP contribution in [0.1, 0.15) is 10.4 Å². The number of carboxylic acids is 1. The SMILES string of the molecule is O=C(O)c1cccc(OCCNc2ccc(F)cc2F)c1. The Morgan fingerprint density at radius 3 is 2.71 bits per heavy atom. The summed E-state index contributed by atoms with van der Waals surface area (Å²) in [4.78, 5) is 10.8. The standard InChI is InChI=1S/C15H13F2NO3/c16-11-4-5-14(13(17)9-11)18-6-7-21-12-3-1-2-10(8-12)15(19)20/h1-5,8-9,18H,6-7H2,(H,19,20). The first-order valence-corrected chi connectivity index (χ1v) is 6.21. The molecule has 0 aromatic heterocycles. The van der Waals surface area contributed by atoms with Gasteiger partial charge in [-0.1, -0.05) is 6.07 Å². The van der Waals surface area contributed by atoms with E-state index in [-0.39, 0.29) is 17.9 Å². The molecule has 2 aromatic rings. The maximum Gasteiger partial charge on any atom is 0.335 e. The highest BCUT2D eigenvalue weighted by molar-refractivity contribution is 5.87. The van der Waals surface area contributed by atoms with Gasteiger partial charge >= 0.3 is 5.97 Å². The molecule has 0 unspecified atom stereocenters. The lowest BCUT2D eigenvalue weighted by Crippen LogP contribution is -2.12. The Labute approximate surface area is 120 Å². The molecular weight excluding hydrogens is 280 g/mol. The summed E-state index contributed by atoms with van der Waals surface area (Å²) in [5.74, 6) is -1.94. The van der Waals surface area contributed by atoms with Gasteiger partial charge in [-0.25, -0.2) is 13.6 Å². The molecule has 0 spiro atoms. The maximum absolute atomic E-state index is 13.3. The molecule has 0 aliphatic heterocycles. The summed E-state index contributed by atoms with van der Waals surface area (Å²) in [5, 5.41) is 11.6. The van der Waals surface area contributed by atoms with Gasteiger partial charge in [-0.2, -0.15) is 0 Å². The second kappa shape index (κ2) is 6.69. The van der Waals surface area contributed by atoms with Gasteiger partial charge in [-0.15, -0.1) is 0 Å². The molecule has 0 radical (unpaired) electrons. The number of carboxylic acid groups (broad SMARTS) is 1. The van der Waals surface area contributed by atoms with Crippen molar-refractivity contribution in [1.29, 1.82) is 0 Å². The van der Waals surface area contributed by atoms with E-state index in [1.165, 1.54) is 18.2 Å². The molecule has 6 heteroatoms. The molecule has 0 bridgehead atoms. The average molecular weight is 293 g/mol. The lowest BCUT2D eigenvalue weighted by atomic mass is 10.2. The van der Waals surface area contributed by atoms with Crippen molar-refractivity contribution in [2.75, 3.05) is 18.5 Å². The number of nitrogens with one attached hydrogen (secondary N) is 1. The van der Waals surface area contributed by atoms with Crippen molar-refractivity contribution in [3.63, 3.8) is 0 Å². The summed E-state index contributed by atoms with van der Waals surface area (Å²) >= 11 is 0. The Balaban J connectivity index is 1.84. The monoisotopic (exact) mass is 293 g/mol. The quantitative estimate of drug-likeness (QED) is 0.803. The van der Waals surface area contributed by atoms with Gasteiger partial charge in [0.1, 0.15) is 24.0 Å². The molecule has 0 aliphatic carbocycles. The summed E-state index contributed by atoms with van der Waals surface area (Å²) in [6.07, 6.45) is 0. The van der Waals surface area contributed by atoms with E-state index in [2.05, 4.69) is 5.32 Å². The minimum atomic E-state index is -1.04. The zero-order valence-electron chi connectivity index (χ0n) is 11.0. The summed E-state index contributed by atoms with van der Waals surface area (Å²) < 4.78 is 31.4. The van der Waals surface area contributed by atoms with E-state index in [0.29, 0.717) is 12.3 Å². The smallest absolute Gasteiger partial charge is 0.335 e. The number of halogens is 2. The molecule has 0 amide bonds. The number of aromatic carboxylic acids is 1. The van der Waals surface area contributed by atoms with Crippen LogP contribution in [0.5, 0.6) is 5.75 Å². The number of anilines is 1. The van der Waals surface area contributed by atoms with Gasteiger partial charge in [-0.05, 0) is 30.3 Å². The highest BCUT2D eigenvalue weighted by Crippen LogP contribution is 2.15. The van der Waals surface area contributed by atoms with Crippen LogP contribution in [0.25, 0.3) is 0 Å². The van der Waals surface area contributed by atoms with Gasteiger partial charge < -0.3 is 15.2 Å². The van der Waals surface area contributed by atoms with Gasteiger partial charge in [-0.3, -0.25) is 0 Å². The Bertz CT molecular complexity index is 647. The van der Waals surface area contributed by atoms with Crippen LogP contribution in [-0.4, -0.2) is 24.2 Å². The first-order valence-electron chi connectivity index (χ1n) is 6.21. The van der Waals surface area contributed by atoms with Gasteiger partial charge in [0.2, 0.25) is 0 Å². The largest absolute Gasteiger partial charge is 0.492 e. The van der Waals surface area contributed by atoms with Crippen LogP contribution in [0, 0.1) is 11.6 Å². The predicted molar refractivity (Wildman–Crippen MR) is 73.7 cm³/mol. The lowest BCUT2D eigenvalue weighted by molar-refractivity contribution is 0.0696. The summed E-state index contributed by atoms with van der Waals surface area (Å²) in [6, 6.07) is 9.32. The second-order valence-electron chi connectivity index (χ2n) is 4.23. The fourth-order valence-corrected chi connectivity index (χ4v) is 1.71. The van der Waals surface area contributed by atoms with Crippen LogP contribution in [0.3, 0.4) is 0 Å². The van der Waals surface area contributed by atoms with Crippen molar-refractivity contribution < 1.29 is 23.4 Å². The molecule has 2 N–H and O–H groups in total. The Kier molecular flexibility index (Phi) is 4.71. The van der Waals surface area contributed by atoms with Crippen molar-refractivity contribution in [2.45, 2.75) is 0 Å². The number of hydrogen-bond donors (Lipinski definition) is 2. The number of ether oxygens (including phenoxy) is 1. The molecule has 110 valence electrons. The molecule has 21 heavy (non-hydrogen) atoms. The topological polar surface area (TPSA) is 58.6 Å². The van der Waals surface area contributed by atoms with E-state index >= 15 is 0 Å². The van der Waals surface area contributed by atoms with Crippen LogP contribution < -0.4 is 10.1 Å². The summed E-state index contributed by atoms with van der Waals surface area (Å²) in [7, 11) is 0. The number of rotatable bonds is 6. The third kappa shape index (κ3) is 4.17. The molecule has 0 fully saturated rings. The molecule has 0 heterocycles. The van der Waals surface area contributed by atoms with Crippen molar-refractivity contribution in [1.82, 2.24) is 0 Å². The minimum absolute atomic E-state index is 0.130. The molecular formula is C15H13F2NO3. The van der Waals surface area contributed by atoms with Gasteiger partial charge in [0.05, 0.1) is 11.3 Å². The molecule has 4 nitrogen and oxygen atoms in total. The fraction of sp³-hybridized carbons (Fsp3) is 0.133. The number of benzene rings is 2. The molecule has 2 rings (SSSR count). The second-order valence-corrected chi connectivity index (χ2v) is 4.23. The number of carbonyl (C=O) groups is 1. The number of hydrogen-bond acceptors (Lipinski definition) is 3. The molecule has 0 saturated carbocycles. The molecule has 0 atom stereocenters. The summed E-state index contributed by atoms with van der Waals surface area (Å²) in [6.45, 7) is 0.500. The van der Waals surface area contributed by atoms with Crippen LogP contribution in [0.15, 0.2) is 42.5 Å². The van der Waals surface area contributed by atoms with E-state index in [0.717, 1.165) is 12.1 Å². The van der Waals surface area contributed by atoms with E-state index < -0.39 is 17.6 Å². The Morgan fingerprint density at radius 2 is 2.00 bits per heavy atom. The minimum Gasteiger partial charge on any atom is -0.492 e. The third-order valence-corrected chi connectivity index (χ3v) is 2.70. The average Bonchev–Trinajstić information content (AvgIpc) is 2.45. The van der Waals surface area contributed by atoms with Crippen molar-refractivity contribution >= 4 is 11.7 Å². The van der Waals surface area contributed by atoms with E-state index in [9.17, 15) is 13.6 Å².